The van der Waals surface area contributed by atoms with E-state index >= 15 is 0 Å². The fourth-order valence-electron chi connectivity index (χ4n) is 3.88. The lowest BCUT2D eigenvalue weighted by atomic mass is 10.2. The van der Waals surface area contributed by atoms with Crippen LogP contribution in [-0.4, -0.2) is 52.5 Å². The molecule has 0 aliphatic carbocycles. The van der Waals surface area contributed by atoms with Crippen LogP contribution in [0.5, 0.6) is 0 Å². The fraction of sp³-hybridized carbons (Fsp3) is 0.458. The summed E-state index contributed by atoms with van der Waals surface area (Å²) in [7, 11) is -2.23. The Morgan fingerprint density at radius 2 is 1.74 bits per heavy atom. The molecule has 31 heavy (non-hydrogen) atoms. The van der Waals surface area contributed by atoms with E-state index < -0.39 is 10.0 Å². The second-order valence-electron chi connectivity index (χ2n) is 8.20. The molecule has 0 spiro atoms. The van der Waals surface area contributed by atoms with E-state index in [0.717, 1.165) is 31.6 Å². The number of hydrogen-bond donors (Lipinski definition) is 1. The number of benzene rings is 2. The van der Waals surface area contributed by atoms with Gasteiger partial charge in [-0.05, 0) is 81.7 Å². The van der Waals surface area contributed by atoms with Crippen molar-refractivity contribution in [1.29, 1.82) is 0 Å². The summed E-state index contributed by atoms with van der Waals surface area (Å²) in [6.07, 6.45) is 6.02. The Morgan fingerprint density at radius 1 is 1.03 bits per heavy atom. The molecular weight excluding hydrogens is 410 g/mol. The van der Waals surface area contributed by atoms with Gasteiger partial charge in [-0.2, -0.15) is 0 Å². The third-order valence-corrected chi connectivity index (χ3v) is 7.54. The number of anilines is 1. The molecule has 1 saturated heterocycles. The molecule has 3 rings (SSSR count). The summed E-state index contributed by atoms with van der Waals surface area (Å²) in [6, 6.07) is 13.6. The first-order valence-electron chi connectivity index (χ1n) is 11.0. The Bertz CT molecular complexity index is 983. The maximum Gasteiger partial charge on any atom is 0.264 e. The number of rotatable bonds is 8. The molecule has 0 radical (unpaired) electrons. The van der Waals surface area contributed by atoms with Crippen molar-refractivity contribution < 1.29 is 13.2 Å². The van der Waals surface area contributed by atoms with Crippen LogP contribution in [0.3, 0.4) is 0 Å². The number of likely N-dealkylation sites (tertiary alicyclic amines) is 1. The lowest BCUT2D eigenvalue weighted by molar-refractivity contribution is 0.0951. The predicted octanol–water partition coefficient (Wildman–Crippen LogP) is 3.82. The molecule has 0 saturated carbocycles. The fourth-order valence-corrected chi connectivity index (χ4v) is 5.12. The zero-order chi connectivity index (χ0) is 22.3. The average molecular weight is 444 g/mol. The van der Waals surface area contributed by atoms with Gasteiger partial charge in [0.1, 0.15) is 0 Å². The first-order valence-corrected chi connectivity index (χ1v) is 12.5. The van der Waals surface area contributed by atoms with E-state index in [1.807, 2.05) is 25.1 Å². The summed E-state index contributed by atoms with van der Waals surface area (Å²) in [5.41, 5.74) is 1.92. The largest absolute Gasteiger partial charge is 0.352 e. The van der Waals surface area contributed by atoms with Gasteiger partial charge in [0.15, 0.2) is 0 Å². The Balaban J connectivity index is 1.60. The van der Waals surface area contributed by atoms with Gasteiger partial charge in [0.2, 0.25) is 0 Å². The van der Waals surface area contributed by atoms with E-state index in [2.05, 4.69) is 10.2 Å². The highest BCUT2D eigenvalue weighted by atomic mass is 32.2. The number of aryl methyl sites for hydroxylation is 1. The molecular formula is C24H33N3O3S. The van der Waals surface area contributed by atoms with Crippen LogP contribution in [0.2, 0.25) is 0 Å². The van der Waals surface area contributed by atoms with Crippen molar-refractivity contribution in [2.45, 2.75) is 43.9 Å². The number of sulfonamides is 1. The Morgan fingerprint density at radius 3 is 2.45 bits per heavy atom. The minimum atomic E-state index is -3.76. The number of carbonyl (C=O) groups excluding carboxylic acids is 1. The first-order chi connectivity index (χ1) is 14.9. The zero-order valence-electron chi connectivity index (χ0n) is 18.5. The van der Waals surface area contributed by atoms with Crippen LogP contribution in [0.4, 0.5) is 5.69 Å². The highest BCUT2D eigenvalue weighted by Gasteiger charge is 2.22. The van der Waals surface area contributed by atoms with Gasteiger partial charge >= 0.3 is 0 Å². The molecule has 7 heteroatoms. The van der Waals surface area contributed by atoms with Crippen molar-refractivity contribution in [3.63, 3.8) is 0 Å². The predicted molar refractivity (Wildman–Crippen MR) is 125 cm³/mol. The van der Waals surface area contributed by atoms with Gasteiger partial charge in [-0.3, -0.25) is 9.10 Å². The molecule has 1 aliphatic heterocycles. The minimum Gasteiger partial charge on any atom is -0.352 e. The molecule has 2 aromatic carbocycles. The maximum absolute atomic E-state index is 13.1. The summed E-state index contributed by atoms with van der Waals surface area (Å²) in [5, 5.41) is 2.93. The molecule has 6 nitrogen and oxygen atoms in total. The number of carbonyl (C=O) groups is 1. The number of amides is 1. The molecule has 0 unspecified atom stereocenters. The van der Waals surface area contributed by atoms with Gasteiger partial charge in [-0.15, -0.1) is 0 Å². The summed E-state index contributed by atoms with van der Waals surface area (Å²) >= 11 is 0. The number of nitrogens with zero attached hydrogens (tertiary/aromatic N) is 2. The monoisotopic (exact) mass is 443 g/mol. The Hall–Kier alpha value is -2.38. The second-order valence-corrected chi connectivity index (χ2v) is 10.2. The van der Waals surface area contributed by atoms with Gasteiger partial charge in [0.25, 0.3) is 15.9 Å². The molecule has 1 aliphatic rings. The molecule has 1 amide bonds. The second kappa shape index (κ2) is 10.8. The van der Waals surface area contributed by atoms with E-state index in [9.17, 15) is 13.2 Å². The van der Waals surface area contributed by atoms with Crippen LogP contribution in [-0.2, 0) is 10.0 Å². The third-order valence-electron chi connectivity index (χ3n) is 5.76. The first kappa shape index (κ1) is 23.3. The van der Waals surface area contributed by atoms with E-state index in [4.69, 9.17) is 0 Å². The highest BCUT2D eigenvalue weighted by molar-refractivity contribution is 7.92. The van der Waals surface area contributed by atoms with Gasteiger partial charge in [0.05, 0.1) is 10.6 Å². The van der Waals surface area contributed by atoms with Gasteiger partial charge < -0.3 is 10.2 Å². The zero-order valence-corrected chi connectivity index (χ0v) is 19.3. The summed E-state index contributed by atoms with van der Waals surface area (Å²) in [4.78, 5) is 15.2. The lowest BCUT2D eigenvalue weighted by Gasteiger charge is -2.20. The van der Waals surface area contributed by atoms with Crippen molar-refractivity contribution >= 4 is 21.6 Å². The average Bonchev–Trinajstić information content (AvgIpc) is 3.05. The molecule has 1 N–H and O–H groups in total. The molecule has 0 atom stereocenters. The van der Waals surface area contributed by atoms with E-state index in [1.165, 1.54) is 49.2 Å². The summed E-state index contributed by atoms with van der Waals surface area (Å²) in [5.74, 6) is -0.244. The Kier molecular flexibility index (Phi) is 8.09. The summed E-state index contributed by atoms with van der Waals surface area (Å²) < 4.78 is 27.4. The standard InChI is InChI=1S/C24H33N3O3S/c1-20-10-7-12-22(18-20)26(2)31(29,30)23-13-8-11-21(19-23)24(28)25-14-9-17-27-15-5-3-4-6-16-27/h7-8,10-13,18-19H,3-6,9,14-17H2,1-2H3,(H,25,28). The van der Waals surface area contributed by atoms with E-state index in [1.54, 1.807) is 18.2 Å². The molecule has 0 bridgehead atoms. The van der Waals surface area contributed by atoms with Crippen LogP contribution in [0.1, 0.15) is 48.0 Å². The van der Waals surface area contributed by atoms with Crippen LogP contribution < -0.4 is 9.62 Å². The minimum absolute atomic E-state index is 0.105. The van der Waals surface area contributed by atoms with Crippen LogP contribution in [0.25, 0.3) is 0 Å². The highest BCUT2D eigenvalue weighted by Crippen LogP contribution is 2.23. The lowest BCUT2D eigenvalue weighted by Crippen LogP contribution is -2.31. The van der Waals surface area contributed by atoms with Crippen molar-refractivity contribution in [3.8, 4) is 0 Å². The van der Waals surface area contributed by atoms with Crippen molar-refractivity contribution in [1.82, 2.24) is 10.2 Å². The molecule has 0 aromatic heterocycles. The van der Waals surface area contributed by atoms with Gasteiger partial charge in [-0.25, -0.2) is 8.42 Å². The smallest absolute Gasteiger partial charge is 0.264 e. The SMILES string of the molecule is Cc1cccc(N(C)S(=O)(=O)c2cccc(C(=O)NCCCN3CCCCCC3)c2)c1. The van der Waals surface area contributed by atoms with E-state index in [-0.39, 0.29) is 10.8 Å². The van der Waals surface area contributed by atoms with Crippen molar-refractivity contribution in [3.05, 3.63) is 59.7 Å². The van der Waals surface area contributed by atoms with E-state index in [0.29, 0.717) is 17.8 Å². The van der Waals surface area contributed by atoms with Gasteiger partial charge in [-0.1, -0.05) is 31.0 Å². The molecule has 1 heterocycles. The summed E-state index contributed by atoms with van der Waals surface area (Å²) in [6.45, 7) is 5.76. The van der Waals surface area contributed by atoms with Crippen LogP contribution >= 0.6 is 0 Å². The molecule has 1 fully saturated rings. The van der Waals surface area contributed by atoms with Crippen LogP contribution in [0.15, 0.2) is 53.4 Å². The van der Waals surface area contributed by atoms with Crippen LogP contribution in [0, 0.1) is 6.92 Å². The van der Waals surface area contributed by atoms with Crippen molar-refractivity contribution in [2.24, 2.45) is 0 Å². The third kappa shape index (κ3) is 6.31. The Labute approximate surface area is 186 Å². The number of nitrogens with one attached hydrogen (secondary N) is 1. The molecule has 168 valence electrons. The molecule has 2 aromatic rings. The maximum atomic E-state index is 13.1. The van der Waals surface area contributed by atoms with Crippen molar-refractivity contribution in [2.75, 3.05) is 37.5 Å². The quantitative estimate of drug-likeness (QED) is 0.630. The normalized spacial score (nSPS) is 15.3. The number of hydrogen-bond acceptors (Lipinski definition) is 4. The van der Waals surface area contributed by atoms with Gasteiger partial charge in [0, 0.05) is 19.2 Å². The topological polar surface area (TPSA) is 69.7 Å².